The van der Waals surface area contributed by atoms with Gasteiger partial charge in [0.05, 0.1) is 12.0 Å². The summed E-state index contributed by atoms with van der Waals surface area (Å²) in [6.45, 7) is 1.28. The summed E-state index contributed by atoms with van der Waals surface area (Å²) in [5.41, 5.74) is 0.502. The van der Waals surface area contributed by atoms with Gasteiger partial charge in [0.15, 0.2) is 0 Å². The predicted molar refractivity (Wildman–Crippen MR) is 66.4 cm³/mol. The van der Waals surface area contributed by atoms with Gasteiger partial charge in [-0.1, -0.05) is 12.1 Å². The van der Waals surface area contributed by atoms with E-state index in [-0.39, 0.29) is 18.0 Å². The number of non-ortho nitro benzene ring substituents is 1. The lowest BCUT2D eigenvalue weighted by molar-refractivity contribution is -0.384. The zero-order chi connectivity index (χ0) is 14.4. The Morgan fingerprint density at radius 3 is 2.68 bits per heavy atom. The van der Waals surface area contributed by atoms with Crippen LogP contribution < -0.4 is 5.32 Å². The topological polar surface area (TPSA) is 98.5 Å². The first-order chi connectivity index (χ1) is 8.93. The van der Waals surface area contributed by atoms with Crippen molar-refractivity contribution in [3.8, 4) is 0 Å². The summed E-state index contributed by atoms with van der Waals surface area (Å²) in [6.07, 6.45) is 0.133. The highest BCUT2D eigenvalue weighted by atomic mass is 16.6. The van der Waals surface area contributed by atoms with Gasteiger partial charge < -0.3 is 10.1 Å². The van der Waals surface area contributed by atoms with Crippen LogP contribution in [0.15, 0.2) is 24.3 Å². The lowest BCUT2D eigenvalue weighted by atomic mass is 10.1. The van der Waals surface area contributed by atoms with Gasteiger partial charge in [-0.15, -0.1) is 0 Å². The third-order valence-electron chi connectivity index (χ3n) is 2.42. The third kappa shape index (κ3) is 4.38. The van der Waals surface area contributed by atoms with Crippen LogP contribution in [0, 0.1) is 10.1 Å². The summed E-state index contributed by atoms with van der Waals surface area (Å²) in [6, 6.07) is 5.03. The number of nitrogens with one attached hydrogen (secondary N) is 1. The Bertz CT molecular complexity index is 501. The van der Waals surface area contributed by atoms with Gasteiger partial charge in [0.1, 0.15) is 6.04 Å². The molecule has 1 atom stereocenters. The number of nitro groups is 1. The van der Waals surface area contributed by atoms with Crippen LogP contribution >= 0.6 is 0 Å². The summed E-state index contributed by atoms with van der Waals surface area (Å²) in [5, 5.41) is 13.1. The van der Waals surface area contributed by atoms with Crippen molar-refractivity contribution in [2.24, 2.45) is 0 Å². The lowest BCUT2D eigenvalue weighted by Crippen LogP contribution is -2.41. The van der Waals surface area contributed by atoms with E-state index in [0.717, 1.165) is 0 Å². The molecule has 1 amide bonds. The molecule has 0 aromatic heterocycles. The van der Waals surface area contributed by atoms with Gasteiger partial charge in [0.2, 0.25) is 5.91 Å². The van der Waals surface area contributed by atoms with E-state index in [0.29, 0.717) is 5.56 Å². The van der Waals surface area contributed by atoms with Crippen LogP contribution in [0.5, 0.6) is 0 Å². The van der Waals surface area contributed by atoms with Crippen molar-refractivity contribution >= 4 is 17.6 Å². The minimum atomic E-state index is -0.857. The Balaban J connectivity index is 2.89. The molecule has 1 aromatic rings. The first kappa shape index (κ1) is 14.6. The molecular weight excluding hydrogens is 252 g/mol. The normalized spacial score (nSPS) is 11.5. The number of methoxy groups -OCH3 is 1. The number of hydrogen-bond acceptors (Lipinski definition) is 5. The first-order valence-corrected chi connectivity index (χ1v) is 5.52. The van der Waals surface area contributed by atoms with E-state index in [4.69, 9.17) is 0 Å². The number of rotatable bonds is 5. The van der Waals surface area contributed by atoms with Gasteiger partial charge in [-0.25, -0.2) is 4.79 Å². The van der Waals surface area contributed by atoms with Crippen LogP contribution in [-0.4, -0.2) is 30.0 Å². The van der Waals surface area contributed by atoms with Crippen LogP contribution in [0.25, 0.3) is 0 Å². The number of esters is 1. The smallest absolute Gasteiger partial charge is 0.328 e. The molecule has 0 fully saturated rings. The third-order valence-corrected chi connectivity index (χ3v) is 2.42. The van der Waals surface area contributed by atoms with Crippen molar-refractivity contribution in [3.63, 3.8) is 0 Å². The second kappa shape index (κ2) is 6.48. The number of carbonyl (C=O) groups is 2. The maximum Gasteiger partial charge on any atom is 0.328 e. The maximum absolute atomic E-state index is 11.5. The number of hydrogen-bond donors (Lipinski definition) is 1. The summed E-state index contributed by atoms with van der Waals surface area (Å²) in [7, 11) is 1.21. The summed E-state index contributed by atoms with van der Waals surface area (Å²) in [5.74, 6) is -0.970. The standard InChI is InChI=1S/C12H14N2O5/c1-8(15)13-11(12(16)19-2)7-9-4-3-5-10(6-9)14(17)18/h3-6,11H,7H2,1-2H3,(H,13,15)/t11-/m1/s1. The van der Waals surface area contributed by atoms with E-state index in [1.165, 1.54) is 32.2 Å². The molecule has 0 radical (unpaired) electrons. The zero-order valence-corrected chi connectivity index (χ0v) is 10.6. The van der Waals surface area contributed by atoms with Crippen LogP contribution in [0.4, 0.5) is 5.69 Å². The molecule has 1 N–H and O–H groups in total. The Morgan fingerprint density at radius 2 is 2.16 bits per heavy atom. The number of ether oxygens (including phenoxy) is 1. The van der Waals surface area contributed by atoms with Gasteiger partial charge >= 0.3 is 5.97 Å². The molecule has 0 unspecified atom stereocenters. The first-order valence-electron chi connectivity index (χ1n) is 5.52. The van der Waals surface area contributed by atoms with Crippen molar-refractivity contribution in [2.45, 2.75) is 19.4 Å². The Kier molecular flexibility index (Phi) is 4.99. The number of amides is 1. The highest BCUT2D eigenvalue weighted by molar-refractivity contribution is 5.83. The molecule has 0 saturated carbocycles. The maximum atomic E-state index is 11.5. The quantitative estimate of drug-likeness (QED) is 0.483. The van der Waals surface area contributed by atoms with Crippen molar-refractivity contribution in [1.82, 2.24) is 5.32 Å². The molecule has 0 aliphatic carbocycles. The van der Waals surface area contributed by atoms with Gasteiger partial charge in [-0.3, -0.25) is 14.9 Å². The molecule has 0 aliphatic heterocycles. The molecule has 7 heteroatoms. The largest absolute Gasteiger partial charge is 0.467 e. The van der Waals surface area contributed by atoms with Crippen LogP contribution in [-0.2, 0) is 20.7 Å². The van der Waals surface area contributed by atoms with Gasteiger partial charge in [-0.2, -0.15) is 0 Å². The summed E-state index contributed by atoms with van der Waals surface area (Å²) in [4.78, 5) is 32.6. The van der Waals surface area contributed by atoms with E-state index >= 15 is 0 Å². The fourth-order valence-corrected chi connectivity index (χ4v) is 1.61. The molecule has 1 aromatic carbocycles. The Morgan fingerprint density at radius 1 is 1.47 bits per heavy atom. The number of carbonyl (C=O) groups excluding carboxylic acids is 2. The Hall–Kier alpha value is -2.44. The average Bonchev–Trinajstić information content (AvgIpc) is 2.36. The molecule has 0 heterocycles. The van der Waals surface area contributed by atoms with Crippen LogP contribution in [0.2, 0.25) is 0 Å². The van der Waals surface area contributed by atoms with Crippen molar-refractivity contribution in [1.29, 1.82) is 0 Å². The minimum Gasteiger partial charge on any atom is -0.467 e. The Labute approximate surface area is 109 Å². The summed E-state index contributed by atoms with van der Waals surface area (Å²) < 4.78 is 4.58. The number of nitro benzene ring substituents is 1. The highest BCUT2D eigenvalue weighted by Crippen LogP contribution is 2.14. The van der Waals surface area contributed by atoms with Gasteiger partial charge in [0.25, 0.3) is 5.69 Å². The van der Waals surface area contributed by atoms with Gasteiger partial charge in [-0.05, 0) is 5.56 Å². The van der Waals surface area contributed by atoms with Gasteiger partial charge in [0, 0.05) is 25.5 Å². The van der Waals surface area contributed by atoms with E-state index in [1.807, 2.05) is 0 Å². The van der Waals surface area contributed by atoms with Crippen molar-refractivity contribution < 1.29 is 19.2 Å². The van der Waals surface area contributed by atoms with Crippen molar-refractivity contribution in [3.05, 3.63) is 39.9 Å². The SMILES string of the molecule is COC(=O)[C@@H](Cc1cccc([N+](=O)[O-])c1)NC(C)=O. The highest BCUT2D eigenvalue weighted by Gasteiger charge is 2.21. The number of nitrogens with zero attached hydrogens (tertiary/aromatic N) is 1. The monoisotopic (exact) mass is 266 g/mol. The van der Waals surface area contributed by atoms with E-state index < -0.39 is 16.9 Å². The molecule has 19 heavy (non-hydrogen) atoms. The second-order valence-corrected chi connectivity index (χ2v) is 3.91. The average molecular weight is 266 g/mol. The summed E-state index contributed by atoms with van der Waals surface area (Å²) >= 11 is 0. The van der Waals surface area contributed by atoms with Crippen LogP contribution in [0.3, 0.4) is 0 Å². The second-order valence-electron chi connectivity index (χ2n) is 3.91. The molecule has 7 nitrogen and oxygen atoms in total. The molecule has 0 saturated heterocycles. The van der Waals surface area contributed by atoms with Crippen LogP contribution in [0.1, 0.15) is 12.5 Å². The molecule has 0 bridgehead atoms. The van der Waals surface area contributed by atoms with E-state index in [1.54, 1.807) is 6.07 Å². The molecule has 0 spiro atoms. The van der Waals surface area contributed by atoms with Crippen molar-refractivity contribution in [2.75, 3.05) is 7.11 Å². The fraction of sp³-hybridized carbons (Fsp3) is 0.333. The lowest BCUT2D eigenvalue weighted by Gasteiger charge is -2.15. The molecular formula is C12H14N2O5. The van der Waals surface area contributed by atoms with E-state index in [2.05, 4.69) is 10.1 Å². The van der Waals surface area contributed by atoms with E-state index in [9.17, 15) is 19.7 Å². The molecule has 1 rings (SSSR count). The number of benzene rings is 1. The molecule has 0 aliphatic rings. The zero-order valence-electron chi connectivity index (χ0n) is 10.6. The molecule has 102 valence electrons. The fourth-order valence-electron chi connectivity index (χ4n) is 1.61. The minimum absolute atomic E-state index is 0.0658. The predicted octanol–water partition coefficient (Wildman–Crippen LogP) is 0.815.